The van der Waals surface area contributed by atoms with E-state index in [9.17, 15) is 19.5 Å². The molecule has 1 N–H and O–H groups in total. The second-order valence-electron chi connectivity index (χ2n) is 11.5. The number of likely N-dealkylation sites (N-methyl/N-ethyl adjacent to an activating group) is 1. The number of nitrogens with zero attached hydrogens (tertiary/aromatic N) is 2. The van der Waals surface area contributed by atoms with Crippen LogP contribution in [-0.2, 0) is 23.8 Å². The summed E-state index contributed by atoms with van der Waals surface area (Å²) in [6.45, 7) is 14.0. The molecule has 0 aliphatic carbocycles. The topological polar surface area (TPSA) is 106 Å². The van der Waals surface area contributed by atoms with E-state index in [0.29, 0.717) is 25.9 Å². The van der Waals surface area contributed by atoms with Crippen molar-refractivity contribution < 1.29 is 33.7 Å². The molecule has 2 heterocycles. The summed E-state index contributed by atoms with van der Waals surface area (Å²) in [4.78, 5) is 40.7. The Morgan fingerprint density at radius 3 is 2.51 bits per heavy atom. The molecule has 0 radical (unpaired) electrons. The molecule has 0 bridgehead atoms. The summed E-state index contributed by atoms with van der Waals surface area (Å²) in [7, 11) is 2.04. The third kappa shape index (κ3) is 11.2. The maximum Gasteiger partial charge on any atom is 0.409 e. The molecule has 2 rings (SSSR count). The second-order valence-corrected chi connectivity index (χ2v) is 11.5. The normalized spacial score (nSPS) is 31.5. The van der Waals surface area contributed by atoms with E-state index in [0.717, 1.165) is 18.7 Å². The lowest BCUT2D eigenvalue weighted by molar-refractivity contribution is -0.156. The van der Waals surface area contributed by atoms with E-state index in [1.165, 1.54) is 6.92 Å². The third-order valence-electron chi connectivity index (χ3n) is 7.37. The van der Waals surface area contributed by atoms with Crippen LogP contribution in [0.25, 0.3) is 0 Å². The van der Waals surface area contributed by atoms with Crippen molar-refractivity contribution in [1.82, 2.24) is 9.80 Å². The van der Waals surface area contributed by atoms with Gasteiger partial charge in [-0.25, -0.2) is 4.79 Å². The Hall–Kier alpha value is -2.65. The van der Waals surface area contributed by atoms with Crippen LogP contribution < -0.4 is 0 Å². The number of hydrogen-bond donors (Lipinski definition) is 1. The maximum atomic E-state index is 12.7. The molecule has 0 unspecified atom stereocenters. The highest BCUT2D eigenvalue weighted by Crippen LogP contribution is 2.28. The van der Waals surface area contributed by atoms with E-state index in [4.69, 9.17) is 14.2 Å². The van der Waals surface area contributed by atoms with E-state index >= 15 is 0 Å². The smallest absolute Gasteiger partial charge is 0.409 e. The highest BCUT2D eigenvalue weighted by Gasteiger charge is 2.34. The first kappa shape index (κ1) is 32.6. The summed E-state index contributed by atoms with van der Waals surface area (Å²) in [6.07, 6.45) is 8.85. The molecule has 39 heavy (non-hydrogen) atoms. The molecule has 6 atom stereocenters. The monoisotopic (exact) mass is 548 g/mol. The van der Waals surface area contributed by atoms with Crippen LogP contribution in [-0.4, -0.2) is 90.6 Å². The third-order valence-corrected chi connectivity index (χ3v) is 7.37. The van der Waals surface area contributed by atoms with E-state index in [-0.39, 0.29) is 42.8 Å². The largest absolute Gasteiger partial charge is 0.457 e. The van der Waals surface area contributed by atoms with Crippen LogP contribution in [0.4, 0.5) is 4.79 Å². The van der Waals surface area contributed by atoms with Gasteiger partial charge in [-0.05, 0) is 51.3 Å². The van der Waals surface area contributed by atoms with Crippen molar-refractivity contribution in [2.75, 3.05) is 39.8 Å². The van der Waals surface area contributed by atoms with Gasteiger partial charge >= 0.3 is 18.0 Å². The lowest BCUT2D eigenvalue weighted by Crippen LogP contribution is -2.47. The number of hydrogen-bond acceptors (Lipinski definition) is 8. The minimum Gasteiger partial charge on any atom is -0.457 e. The summed E-state index contributed by atoms with van der Waals surface area (Å²) in [5.41, 5.74) is -0.411. The molecular formula is C30H48N2O7. The van der Waals surface area contributed by atoms with Crippen LogP contribution in [0.2, 0.25) is 0 Å². The van der Waals surface area contributed by atoms with Gasteiger partial charge in [-0.15, -0.1) is 0 Å². The number of esters is 2. The van der Waals surface area contributed by atoms with Gasteiger partial charge in [0.25, 0.3) is 0 Å². The van der Waals surface area contributed by atoms with Crippen LogP contribution in [0, 0.1) is 17.8 Å². The number of carbonyl (C=O) groups is 3. The van der Waals surface area contributed by atoms with Crippen molar-refractivity contribution in [3.05, 3.63) is 36.0 Å². The summed E-state index contributed by atoms with van der Waals surface area (Å²) in [6, 6.07) is 0. The minimum atomic E-state index is -1.26. The van der Waals surface area contributed by atoms with E-state index in [2.05, 4.69) is 4.90 Å². The van der Waals surface area contributed by atoms with Gasteiger partial charge in [-0.2, -0.15) is 0 Å². The molecule has 220 valence electrons. The number of cyclic esters (lactones) is 1. The number of allylic oxidation sites excluding steroid dienone is 2. The zero-order valence-electron chi connectivity index (χ0n) is 24.7. The molecule has 2 aliphatic rings. The van der Waals surface area contributed by atoms with Crippen molar-refractivity contribution in [1.29, 1.82) is 0 Å². The molecule has 0 aromatic rings. The van der Waals surface area contributed by atoms with Crippen molar-refractivity contribution in [3.8, 4) is 0 Å². The standard InChI is InChI=1S/C30H48N2O7/c1-21-13-14-30(6,36)26(38-25(5)33)12-11-24(4)28(39-27(34)19-21)23(3)10-8-9-22(2)20-37-29(35)32-17-15-31(7)16-18-32/h8-12,21-22,24,26,28,36H,13-20H2,1-7H3/b9-8+,12-11+,23-10+/t21-,22-,24+,26+,28-,30-/m1/s1. The average molecular weight is 549 g/mol. The van der Waals surface area contributed by atoms with Crippen LogP contribution >= 0.6 is 0 Å². The predicted octanol–water partition coefficient (Wildman–Crippen LogP) is 4.12. The zero-order valence-corrected chi connectivity index (χ0v) is 24.7. The molecule has 1 saturated heterocycles. The Balaban J connectivity index is 2.09. The van der Waals surface area contributed by atoms with Crippen molar-refractivity contribution in [3.63, 3.8) is 0 Å². The van der Waals surface area contributed by atoms with Crippen LogP contribution in [0.5, 0.6) is 0 Å². The van der Waals surface area contributed by atoms with Gasteiger partial charge in [-0.3, -0.25) is 9.59 Å². The van der Waals surface area contributed by atoms with Crippen molar-refractivity contribution >= 4 is 18.0 Å². The zero-order chi connectivity index (χ0) is 29.2. The van der Waals surface area contributed by atoms with Crippen LogP contribution in [0.15, 0.2) is 36.0 Å². The molecule has 0 aromatic heterocycles. The van der Waals surface area contributed by atoms with Gasteiger partial charge in [0.15, 0.2) is 0 Å². The van der Waals surface area contributed by atoms with Gasteiger partial charge in [0.2, 0.25) is 0 Å². The summed E-state index contributed by atoms with van der Waals surface area (Å²) in [5, 5.41) is 11.0. The van der Waals surface area contributed by atoms with Crippen molar-refractivity contribution in [2.45, 2.75) is 78.6 Å². The van der Waals surface area contributed by atoms with Crippen LogP contribution in [0.3, 0.4) is 0 Å². The molecule has 1 fully saturated rings. The lowest BCUT2D eigenvalue weighted by Gasteiger charge is -2.32. The number of amides is 1. The Morgan fingerprint density at radius 1 is 1.21 bits per heavy atom. The first-order valence-electron chi connectivity index (χ1n) is 14.0. The number of rotatable bonds is 6. The highest BCUT2D eigenvalue weighted by molar-refractivity contribution is 5.70. The molecule has 0 aromatic carbocycles. The fraction of sp³-hybridized carbons (Fsp3) is 0.700. The Kier molecular flexibility index (Phi) is 12.7. The van der Waals surface area contributed by atoms with E-state index < -0.39 is 23.8 Å². The molecule has 0 saturated carbocycles. The number of ether oxygens (including phenoxy) is 3. The second kappa shape index (κ2) is 15.2. The summed E-state index contributed by atoms with van der Waals surface area (Å²) < 4.78 is 16.8. The maximum absolute atomic E-state index is 12.7. The Labute approximate surface area is 233 Å². The summed E-state index contributed by atoms with van der Waals surface area (Å²) >= 11 is 0. The minimum absolute atomic E-state index is 0.0000901. The first-order valence-corrected chi connectivity index (χ1v) is 14.0. The highest BCUT2D eigenvalue weighted by atomic mass is 16.6. The molecular weight excluding hydrogens is 500 g/mol. The van der Waals surface area contributed by atoms with Gasteiger partial charge in [0, 0.05) is 51.4 Å². The number of carbonyl (C=O) groups excluding carboxylic acids is 3. The fourth-order valence-corrected chi connectivity index (χ4v) is 4.63. The molecule has 9 heteroatoms. The average Bonchev–Trinajstić information content (AvgIpc) is 2.86. The van der Waals surface area contributed by atoms with Gasteiger partial charge in [0.05, 0.1) is 6.61 Å². The number of aliphatic hydroxyl groups is 1. The molecule has 9 nitrogen and oxygen atoms in total. The lowest BCUT2D eigenvalue weighted by atomic mass is 9.87. The van der Waals surface area contributed by atoms with E-state index in [1.54, 1.807) is 17.9 Å². The van der Waals surface area contributed by atoms with Gasteiger partial charge in [0.1, 0.15) is 17.8 Å². The van der Waals surface area contributed by atoms with Gasteiger partial charge < -0.3 is 29.1 Å². The SMILES string of the molecule is CC(=O)O[C@H]1/C=C/[C@H](C)[C@@H](/C(C)=C/C=C/[C@@H](C)COC(=O)N2CCN(C)CC2)OC(=O)C[C@H](C)CC[C@@]1(C)O. The first-order chi connectivity index (χ1) is 18.3. The van der Waals surface area contributed by atoms with Crippen molar-refractivity contribution in [2.24, 2.45) is 17.8 Å². The fourth-order valence-electron chi connectivity index (χ4n) is 4.63. The molecule has 2 aliphatic heterocycles. The molecule has 1 amide bonds. The quantitative estimate of drug-likeness (QED) is 0.229. The van der Waals surface area contributed by atoms with Gasteiger partial charge in [-0.1, -0.05) is 45.1 Å². The predicted molar refractivity (Wildman–Crippen MR) is 150 cm³/mol. The van der Waals surface area contributed by atoms with Crippen LogP contribution in [0.1, 0.15) is 60.8 Å². The van der Waals surface area contributed by atoms with E-state index in [1.807, 2.05) is 59.0 Å². The Bertz CT molecular complexity index is 918. The summed E-state index contributed by atoms with van der Waals surface area (Å²) in [5.74, 6) is -0.978. The molecule has 0 spiro atoms. The Morgan fingerprint density at radius 2 is 1.87 bits per heavy atom. The number of piperazine rings is 1.